The molecule has 6 heteroatoms. The Bertz CT molecular complexity index is 451. The number of carbonyl (C=O) groups excluding carboxylic acids is 1. The SMILES string of the molecule is CC(CNC(=O)C(C)C1CNC1)Oc1ccc(F)cc1.Cl. The molecule has 2 N–H and O–H groups in total. The van der Waals surface area contributed by atoms with Gasteiger partial charge in [-0.05, 0) is 50.2 Å². The summed E-state index contributed by atoms with van der Waals surface area (Å²) in [6.45, 7) is 6.10. The standard InChI is InChI=1S/C15H21FN2O2.ClH/c1-10(20-14-5-3-13(16)4-6-14)7-18-15(19)11(2)12-8-17-9-12;/h3-6,10-12,17H,7-9H2,1-2H3,(H,18,19);1H. The number of hydrogen-bond donors (Lipinski definition) is 2. The number of hydrogen-bond acceptors (Lipinski definition) is 3. The van der Waals surface area contributed by atoms with Gasteiger partial charge in [0, 0.05) is 5.92 Å². The average molecular weight is 317 g/mol. The summed E-state index contributed by atoms with van der Waals surface area (Å²) in [6.07, 6.45) is -0.156. The van der Waals surface area contributed by atoms with Gasteiger partial charge in [-0.1, -0.05) is 6.92 Å². The Labute approximate surface area is 130 Å². The van der Waals surface area contributed by atoms with Gasteiger partial charge in [-0.2, -0.15) is 0 Å². The zero-order valence-electron chi connectivity index (χ0n) is 12.3. The Hall–Kier alpha value is -1.33. The summed E-state index contributed by atoms with van der Waals surface area (Å²) in [5.41, 5.74) is 0. The summed E-state index contributed by atoms with van der Waals surface area (Å²) in [7, 11) is 0. The van der Waals surface area contributed by atoms with E-state index in [1.807, 2.05) is 13.8 Å². The van der Waals surface area contributed by atoms with Crippen molar-refractivity contribution in [2.45, 2.75) is 20.0 Å². The summed E-state index contributed by atoms with van der Waals surface area (Å²) < 4.78 is 18.4. The lowest BCUT2D eigenvalue weighted by Crippen LogP contribution is -2.50. The maximum atomic E-state index is 12.8. The molecule has 0 aliphatic carbocycles. The molecule has 0 bridgehead atoms. The van der Waals surface area contributed by atoms with Crippen molar-refractivity contribution in [1.82, 2.24) is 10.6 Å². The Kier molecular flexibility index (Phi) is 6.92. The van der Waals surface area contributed by atoms with E-state index in [0.717, 1.165) is 13.1 Å². The van der Waals surface area contributed by atoms with Gasteiger partial charge in [-0.15, -0.1) is 12.4 Å². The lowest BCUT2D eigenvalue weighted by Gasteiger charge is -2.32. The van der Waals surface area contributed by atoms with Crippen molar-refractivity contribution in [3.05, 3.63) is 30.1 Å². The number of rotatable bonds is 6. The summed E-state index contributed by atoms with van der Waals surface area (Å²) >= 11 is 0. The number of halogens is 2. The zero-order valence-corrected chi connectivity index (χ0v) is 13.1. The molecule has 1 aliphatic heterocycles. The third-order valence-corrected chi connectivity index (χ3v) is 3.65. The van der Waals surface area contributed by atoms with Gasteiger partial charge in [0.25, 0.3) is 0 Å². The van der Waals surface area contributed by atoms with Crippen molar-refractivity contribution in [3.63, 3.8) is 0 Å². The Morgan fingerprint density at radius 3 is 2.52 bits per heavy atom. The van der Waals surface area contributed by atoms with Crippen molar-refractivity contribution in [2.24, 2.45) is 11.8 Å². The molecule has 0 spiro atoms. The highest BCUT2D eigenvalue weighted by molar-refractivity contribution is 5.85. The van der Waals surface area contributed by atoms with Crippen LogP contribution in [0.15, 0.2) is 24.3 Å². The monoisotopic (exact) mass is 316 g/mol. The van der Waals surface area contributed by atoms with Crippen LogP contribution in [0.5, 0.6) is 5.75 Å². The fourth-order valence-electron chi connectivity index (χ4n) is 2.07. The van der Waals surface area contributed by atoms with Gasteiger partial charge in [-0.3, -0.25) is 4.79 Å². The molecular formula is C15H22ClFN2O2. The van der Waals surface area contributed by atoms with Crippen LogP contribution in [0.25, 0.3) is 0 Å². The molecule has 4 nitrogen and oxygen atoms in total. The first-order chi connectivity index (χ1) is 9.56. The van der Waals surface area contributed by atoms with Crippen LogP contribution in [0.2, 0.25) is 0 Å². The van der Waals surface area contributed by atoms with Crippen LogP contribution in [0.3, 0.4) is 0 Å². The first-order valence-electron chi connectivity index (χ1n) is 6.97. The predicted molar refractivity (Wildman–Crippen MR) is 82.3 cm³/mol. The maximum absolute atomic E-state index is 12.8. The molecule has 0 aromatic heterocycles. The first-order valence-corrected chi connectivity index (χ1v) is 6.97. The van der Waals surface area contributed by atoms with E-state index < -0.39 is 0 Å². The van der Waals surface area contributed by atoms with E-state index in [2.05, 4.69) is 10.6 Å². The maximum Gasteiger partial charge on any atom is 0.223 e. The van der Waals surface area contributed by atoms with Crippen molar-refractivity contribution in [2.75, 3.05) is 19.6 Å². The van der Waals surface area contributed by atoms with Crippen molar-refractivity contribution >= 4 is 18.3 Å². The molecule has 0 radical (unpaired) electrons. The molecule has 2 unspecified atom stereocenters. The Morgan fingerprint density at radius 1 is 1.38 bits per heavy atom. The molecule has 1 aromatic rings. The molecule has 1 heterocycles. The van der Waals surface area contributed by atoms with Crippen molar-refractivity contribution in [3.8, 4) is 5.75 Å². The molecular weight excluding hydrogens is 295 g/mol. The number of nitrogens with one attached hydrogen (secondary N) is 2. The van der Waals surface area contributed by atoms with Crippen LogP contribution in [0.1, 0.15) is 13.8 Å². The fraction of sp³-hybridized carbons (Fsp3) is 0.533. The second-order valence-electron chi connectivity index (χ2n) is 5.33. The van der Waals surface area contributed by atoms with Crippen LogP contribution in [-0.4, -0.2) is 31.6 Å². The smallest absolute Gasteiger partial charge is 0.223 e. The van der Waals surface area contributed by atoms with Crippen LogP contribution in [-0.2, 0) is 4.79 Å². The summed E-state index contributed by atoms with van der Waals surface area (Å²) in [5.74, 6) is 0.828. The molecule has 1 fully saturated rings. The second-order valence-corrected chi connectivity index (χ2v) is 5.33. The number of ether oxygens (including phenoxy) is 1. The topological polar surface area (TPSA) is 50.4 Å². The average Bonchev–Trinajstić information content (AvgIpc) is 2.36. The number of carbonyl (C=O) groups is 1. The third-order valence-electron chi connectivity index (χ3n) is 3.65. The second kappa shape index (κ2) is 8.20. The normalized spacial score (nSPS) is 17.1. The molecule has 2 rings (SSSR count). The summed E-state index contributed by atoms with van der Waals surface area (Å²) in [4.78, 5) is 11.9. The van der Waals surface area contributed by atoms with Crippen LogP contribution in [0.4, 0.5) is 4.39 Å². The largest absolute Gasteiger partial charge is 0.489 e. The predicted octanol–water partition coefficient (Wildman–Crippen LogP) is 1.99. The molecule has 1 aromatic carbocycles. The van der Waals surface area contributed by atoms with Crippen LogP contribution in [0, 0.1) is 17.7 Å². The van der Waals surface area contributed by atoms with Crippen LogP contribution < -0.4 is 15.4 Å². The van der Waals surface area contributed by atoms with Gasteiger partial charge >= 0.3 is 0 Å². The molecule has 2 atom stereocenters. The van der Waals surface area contributed by atoms with Gasteiger partial charge in [0.05, 0.1) is 6.54 Å². The van der Waals surface area contributed by atoms with E-state index in [1.165, 1.54) is 12.1 Å². The molecule has 0 saturated carbocycles. The van der Waals surface area contributed by atoms with Gasteiger partial charge < -0.3 is 15.4 Å². The minimum Gasteiger partial charge on any atom is -0.489 e. The van der Waals surface area contributed by atoms with Crippen molar-refractivity contribution in [1.29, 1.82) is 0 Å². The minimum atomic E-state index is -0.291. The molecule has 118 valence electrons. The van der Waals surface area contributed by atoms with Gasteiger partial charge in [0.15, 0.2) is 0 Å². The van der Waals surface area contributed by atoms with E-state index in [-0.39, 0.29) is 36.2 Å². The Morgan fingerprint density at radius 2 is 2.00 bits per heavy atom. The molecule has 1 saturated heterocycles. The van der Waals surface area contributed by atoms with E-state index >= 15 is 0 Å². The lowest BCUT2D eigenvalue weighted by molar-refractivity contribution is -0.127. The molecule has 21 heavy (non-hydrogen) atoms. The fourth-order valence-corrected chi connectivity index (χ4v) is 2.07. The Balaban J connectivity index is 0.00000220. The highest BCUT2D eigenvalue weighted by atomic mass is 35.5. The minimum absolute atomic E-state index is 0. The molecule has 1 amide bonds. The summed E-state index contributed by atoms with van der Waals surface area (Å²) in [5, 5.41) is 6.06. The van der Waals surface area contributed by atoms with E-state index in [0.29, 0.717) is 18.2 Å². The van der Waals surface area contributed by atoms with Gasteiger partial charge in [0.2, 0.25) is 5.91 Å². The van der Waals surface area contributed by atoms with Crippen molar-refractivity contribution < 1.29 is 13.9 Å². The number of benzene rings is 1. The lowest BCUT2D eigenvalue weighted by atomic mass is 9.88. The van der Waals surface area contributed by atoms with Gasteiger partial charge in [-0.25, -0.2) is 4.39 Å². The highest BCUT2D eigenvalue weighted by Crippen LogP contribution is 2.16. The van der Waals surface area contributed by atoms with Crippen LogP contribution >= 0.6 is 12.4 Å². The van der Waals surface area contributed by atoms with E-state index in [1.54, 1.807) is 12.1 Å². The zero-order chi connectivity index (χ0) is 14.5. The van der Waals surface area contributed by atoms with Gasteiger partial charge in [0.1, 0.15) is 17.7 Å². The quantitative estimate of drug-likeness (QED) is 0.844. The first kappa shape index (κ1) is 17.7. The van der Waals surface area contributed by atoms with E-state index in [4.69, 9.17) is 4.74 Å². The summed E-state index contributed by atoms with van der Waals surface area (Å²) in [6, 6.07) is 5.87. The third kappa shape index (κ3) is 5.17. The highest BCUT2D eigenvalue weighted by Gasteiger charge is 2.28. The molecule has 1 aliphatic rings. The number of amides is 1. The van der Waals surface area contributed by atoms with E-state index in [9.17, 15) is 9.18 Å².